The van der Waals surface area contributed by atoms with Crippen LogP contribution >= 0.6 is 7.26 Å². The van der Waals surface area contributed by atoms with Gasteiger partial charge in [0.2, 0.25) is 0 Å². The van der Waals surface area contributed by atoms with Gasteiger partial charge in [0.25, 0.3) is 5.52 Å². The van der Waals surface area contributed by atoms with E-state index in [4.69, 9.17) is 7.85 Å². The van der Waals surface area contributed by atoms with Gasteiger partial charge in [-0.1, -0.05) is 0 Å². The van der Waals surface area contributed by atoms with Crippen LogP contribution in [0, 0.1) is 0 Å². The molecule has 2 radical (unpaired) electrons. The lowest BCUT2D eigenvalue weighted by Crippen LogP contribution is -2.03. The Bertz CT molecular complexity index is 101. The largest absolute Gasteiger partial charge is 0.263 e. The van der Waals surface area contributed by atoms with E-state index in [0.29, 0.717) is 6.06 Å². The van der Waals surface area contributed by atoms with Gasteiger partial charge in [0, 0.05) is 13.0 Å². The lowest BCUT2D eigenvalue weighted by molar-refractivity contribution is -0.109. The van der Waals surface area contributed by atoms with Crippen molar-refractivity contribution in [2.24, 2.45) is 0 Å². The van der Waals surface area contributed by atoms with Gasteiger partial charge in [-0.05, 0) is 0 Å². The number of carbonyl (C=O) groups is 1. The Morgan fingerprint density at radius 1 is 1.62 bits per heavy atom. The van der Waals surface area contributed by atoms with Gasteiger partial charge in [-0.2, -0.15) is 0 Å². The van der Waals surface area contributed by atoms with Gasteiger partial charge in [-0.3, -0.25) is 4.79 Å². The molecule has 0 aliphatic carbocycles. The summed E-state index contributed by atoms with van der Waals surface area (Å²) in [6.07, 6.45) is 0. The third kappa shape index (κ3) is 1.96. The maximum Gasteiger partial charge on any atom is 0.263 e. The highest BCUT2D eigenvalue weighted by atomic mass is 31.2. The van der Waals surface area contributed by atoms with Gasteiger partial charge in [-0.15, -0.1) is 0 Å². The quantitative estimate of drug-likeness (QED) is 0.400. The Morgan fingerprint density at radius 2 is 2.00 bits per heavy atom. The first kappa shape index (κ1) is 8.16. The minimum Gasteiger partial charge on any atom is -0.254 e. The van der Waals surface area contributed by atoms with Crippen LogP contribution < -0.4 is 0 Å². The highest BCUT2D eigenvalue weighted by molar-refractivity contribution is 7.90. The molecule has 8 heavy (non-hydrogen) atoms. The Hall–Kier alpha value is 0.165. The molecule has 0 aromatic rings. The fourth-order valence-electron chi connectivity index (χ4n) is 0.129. The van der Waals surface area contributed by atoms with E-state index in [2.05, 4.69) is 0 Å². The third-order valence-electron chi connectivity index (χ3n) is 1.31. The minimum absolute atomic E-state index is 0.264. The van der Waals surface area contributed by atoms with E-state index in [1.165, 1.54) is 0 Å². The molecule has 0 N–H and O–H groups in total. The number of hydrogen-bond donors (Lipinski definition) is 0. The van der Waals surface area contributed by atoms with Crippen LogP contribution in [-0.4, -0.2) is 32.8 Å². The average Bonchev–Trinajstić information content (AvgIpc) is 1.67. The van der Waals surface area contributed by atoms with Gasteiger partial charge in [0.1, 0.15) is 7.85 Å². The van der Waals surface area contributed by atoms with Crippen LogP contribution in [0.5, 0.6) is 0 Å². The summed E-state index contributed by atoms with van der Waals surface area (Å²) in [5, 5.41) is 0. The van der Waals surface area contributed by atoms with E-state index < -0.39 is 7.26 Å². The highest BCUT2D eigenvalue weighted by Crippen LogP contribution is 2.50. The van der Waals surface area contributed by atoms with Crippen molar-refractivity contribution in [2.75, 3.05) is 19.4 Å². The van der Waals surface area contributed by atoms with E-state index in [9.17, 15) is 4.79 Å². The maximum atomic E-state index is 10.7. The van der Waals surface area contributed by atoms with Crippen molar-refractivity contribution in [1.82, 2.24) is 0 Å². The average molecular weight is 129 g/mol. The highest BCUT2D eigenvalue weighted by Gasteiger charge is 2.27. The van der Waals surface area contributed by atoms with Crippen LogP contribution in [-0.2, 0) is 4.79 Å². The topological polar surface area (TPSA) is 17.1 Å². The second-order valence-corrected chi connectivity index (χ2v) is 6.75. The SMILES string of the molecule is [B]C[P+](C)(C)C(C)=O. The molecule has 0 amide bonds. The van der Waals surface area contributed by atoms with Crippen LogP contribution in [0.3, 0.4) is 0 Å². The lowest BCUT2D eigenvalue weighted by atomic mass is 10.2. The van der Waals surface area contributed by atoms with E-state index in [0.717, 1.165) is 0 Å². The molecular formula is C5H11BOP+. The molecule has 1 nitrogen and oxygen atoms in total. The molecule has 0 unspecified atom stereocenters. The summed E-state index contributed by atoms with van der Waals surface area (Å²) in [5.41, 5.74) is 0.264. The molecule has 0 spiro atoms. The summed E-state index contributed by atoms with van der Waals surface area (Å²) in [6.45, 7) is 5.52. The Labute approximate surface area is 52.6 Å². The fourth-order valence-corrected chi connectivity index (χ4v) is 0.386. The van der Waals surface area contributed by atoms with E-state index in [1.54, 1.807) is 6.92 Å². The Balaban J connectivity index is 3.91. The molecular weight excluding hydrogens is 118 g/mol. The lowest BCUT2D eigenvalue weighted by Gasteiger charge is -2.09. The zero-order valence-corrected chi connectivity index (χ0v) is 6.53. The van der Waals surface area contributed by atoms with Crippen molar-refractivity contribution in [2.45, 2.75) is 6.92 Å². The van der Waals surface area contributed by atoms with Crippen LogP contribution in [0.4, 0.5) is 0 Å². The summed E-state index contributed by atoms with van der Waals surface area (Å²) in [7, 11) is 3.98. The number of carbonyl (C=O) groups excluding carboxylic acids is 1. The molecule has 0 rings (SSSR count). The maximum absolute atomic E-state index is 10.7. The molecule has 0 saturated heterocycles. The second kappa shape index (κ2) is 2.64. The predicted molar refractivity (Wildman–Crippen MR) is 40.1 cm³/mol. The van der Waals surface area contributed by atoms with Gasteiger partial charge in [-0.25, -0.2) is 0 Å². The van der Waals surface area contributed by atoms with E-state index in [-0.39, 0.29) is 5.52 Å². The number of rotatable bonds is 2. The molecule has 0 aliphatic heterocycles. The van der Waals surface area contributed by atoms with Crippen LogP contribution in [0.2, 0.25) is 0 Å². The van der Waals surface area contributed by atoms with Gasteiger partial charge in [0.05, 0.1) is 20.6 Å². The first-order valence-electron chi connectivity index (χ1n) is 2.55. The predicted octanol–water partition coefficient (Wildman–Crippen LogP) is 0.936. The monoisotopic (exact) mass is 129 g/mol. The van der Waals surface area contributed by atoms with Gasteiger partial charge >= 0.3 is 0 Å². The summed E-state index contributed by atoms with van der Waals surface area (Å²) < 4.78 is 0. The summed E-state index contributed by atoms with van der Waals surface area (Å²) in [5.74, 6) is 0. The molecule has 0 saturated carbocycles. The standard InChI is InChI=1S/C5H11BOP/c1-5(7)8(2,3)4-6/h4H2,1-3H3/q+1. The van der Waals surface area contributed by atoms with E-state index >= 15 is 0 Å². The fraction of sp³-hybridized carbons (Fsp3) is 0.800. The molecule has 0 aromatic carbocycles. The minimum atomic E-state index is -1.36. The second-order valence-electron chi connectivity index (χ2n) is 2.39. The molecule has 44 valence electrons. The van der Waals surface area contributed by atoms with Crippen LogP contribution in [0.25, 0.3) is 0 Å². The van der Waals surface area contributed by atoms with Crippen molar-refractivity contribution in [3.05, 3.63) is 0 Å². The first-order chi connectivity index (χ1) is 3.50. The summed E-state index contributed by atoms with van der Waals surface area (Å²) in [4.78, 5) is 10.7. The molecule has 0 fully saturated rings. The molecule has 3 heteroatoms. The zero-order valence-electron chi connectivity index (χ0n) is 5.64. The van der Waals surface area contributed by atoms with Crippen molar-refractivity contribution in [3.8, 4) is 0 Å². The summed E-state index contributed by atoms with van der Waals surface area (Å²) in [6, 6.07) is 0.544. The van der Waals surface area contributed by atoms with E-state index in [1.807, 2.05) is 13.3 Å². The Kier molecular flexibility index (Phi) is 2.69. The third-order valence-corrected chi connectivity index (χ3v) is 3.93. The van der Waals surface area contributed by atoms with Crippen molar-refractivity contribution < 1.29 is 4.79 Å². The van der Waals surface area contributed by atoms with Gasteiger partial charge in [0.15, 0.2) is 0 Å². The number of hydrogen-bond acceptors (Lipinski definition) is 1. The zero-order chi connectivity index (χ0) is 6.78. The summed E-state index contributed by atoms with van der Waals surface area (Å²) >= 11 is 0. The van der Waals surface area contributed by atoms with Crippen molar-refractivity contribution in [1.29, 1.82) is 0 Å². The normalized spacial score (nSPS) is 11.4. The van der Waals surface area contributed by atoms with Crippen LogP contribution in [0.15, 0.2) is 0 Å². The molecule has 0 aromatic heterocycles. The molecule has 0 atom stereocenters. The Morgan fingerprint density at radius 3 is 2.00 bits per heavy atom. The van der Waals surface area contributed by atoms with Crippen molar-refractivity contribution in [3.63, 3.8) is 0 Å². The van der Waals surface area contributed by atoms with Gasteiger partial charge < -0.3 is 0 Å². The smallest absolute Gasteiger partial charge is 0.254 e. The van der Waals surface area contributed by atoms with Crippen LogP contribution in [0.1, 0.15) is 6.92 Å². The first-order valence-corrected chi connectivity index (χ1v) is 5.42. The molecule has 0 heterocycles. The van der Waals surface area contributed by atoms with Crippen molar-refractivity contribution >= 4 is 20.6 Å². The molecule has 0 bridgehead atoms. The molecule has 0 aliphatic rings.